The van der Waals surface area contributed by atoms with E-state index in [2.05, 4.69) is 33.7 Å². The topological polar surface area (TPSA) is 66.5 Å². The van der Waals surface area contributed by atoms with Crippen molar-refractivity contribution >= 4 is 38.4 Å². The van der Waals surface area contributed by atoms with E-state index in [4.69, 9.17) is 9.72 Å². The fraction of sp³-hybridized carbons (Fsp3) is 0.333. The third-order valence-electron chi connectivity index (χ3n) is 5.07. The van der Waals surface area contributed by atoms with E-state index >= 15 is 0 Å². The van der Waals surface area contributed by atoms with Crippen LogP contribution in [0.2, 0.25) is 0 Å². The molecular weight excluding hydrogens is 372 g/mol. The summed E-state index contributed by atoms with van der Waals surface area (Å²) < 4.78 is 6.49. The van der Waals surface area contributed by atoms with Crippen LogP contribution < -0.4 is 20.3 Å². The Morgan fingerprint density at radius 3 is 2.71 bits per heavy atom. The van der Waals surface area contributed by atoms with Gasteiger partial charge in [-0.15, -0.1) is 0 Å². The first kappa shape index (κ1) is 18.6. The van der Waals surface area contributed by atoms with Gasteiger partial charge in [-0.05, 0) is 43.0 Å². The van der Waals surface area contributed by atoms with Gasteiger partial charge in [0.1, 0.15) is 5.75 Å². The van der Waals surface area contributed by atoms with E-state index in [1.54, 1.807) is 18.4 Å². The predicted molar refractivity (Wildman–Crippen MR) is 115 cm³/mol. The quantitative estimate of drug-likeness (QED) is 0.673. The van der Waals surface area contributed by atoms with Crippen LogP contribution in [-0.2, 0) is 0 Å². The Labute approximate surface area is 168 Å². The second-order valence-electron chi connectivity index (χ2n) is 6.93. The molecule has 1 fully saturated rings. The Hall–Kier alpha value is -2.80. The minimum atomic E-state index is -0.196. The molecule has 1 saturated heterocycles. The molecule has 2 aromatic carbocycles. The number of benzene rings is 2. The number of anilines is 2. The van der Waals surface area contributed by atoms with Crippen molar-refractivity contribution in [3.8, 4) is 5.75 Å². The summed E-state index contributed by atoms with van der Waals surface area (Å²) in [5.41, 5.74) is 1.74. The first-order valence-electron chi connectivity index (χ1n) is 9.51. The molecule has 6 nitrogen and oxygen atoms in total. The van der Waals surface area contributed by atoms with Gasteiger partial charge >= 0.3 is 6.03 Å². The number of rotatable bonds is 5. The van der Waals surface area contributed by atoms with Gasteiger partial charge in [0.05, 0.1) is 23.0 Å². The van der Waals surface area contributed by atoms with Crippen LogP contribution in [0.5, 0.6) is 5.75 Å². The van der Waals surface area contributed by atoms with Gasteiger partial charge in [0.2, 0.25) is 0 Å². The summed E-state index contributed by atoms with van der Waals surface area (Å²) in [4.78, 5) is 19.3. The summed E-state index contributed by atoms with van der Waals surface area (Å²) >= 11 is 1.75. The molecule has 0 saturated carbocycles. The SMILES string of the molecule is COc1ccccc1NC(=O)NCC1CCN(c2nc3ccccc3s2)CC1. The highest BCUT2D eigenvalue weighted by Gasteiger charge is 2.22. The summed E-state index contributed by atoms with van der Waals surface area (Å²) in [7, 11) is 1.59. The van der Waals surface area contributed by atoms with E-state index in [0.717, 1.165) is 36.6 Å². The molecule has 0 bridgehead atoms. The van der Waals surface area contributed by atoms with E-state index in [-0.39, 0.29) is 6.03 Å². The Morgan fingerprint density at radius 1 is 1.18 bits per heavy atom. The predicted octanol–water partition coefficient (Wildman–Crippen LogP) is 4.34. The van der Waals surface area contributed by atoms with Crippen LogP contribution in [0.25, 0.3) is 10.2 Å². The number of hydrogen-bond donors (Lipinski definition) is 2. The molecule has 2 amide bonds. The summed E-state index contributed by atoms with van der Waals surface area (Å²) in [6.45, 7) is 2.62. The fourth-order valence-electron chi connectivity index (χ4n) is 3.48. The molecule has 1 aromatic heterocycles. The highest BCUT2D eigenvalue weighted by molar-refractivity contribution is 7.22. The number of thiazole rings is 1. The van der Waals surface area contributed by atoms with Crippen molar-refractivity contribution < 1.29 is 9.53 Å². The standard InChI is InChI=1S/C21H24N4O2S/c1-27-18-8-4-2-6-16(18)23-20(26)22-14-15-10-12-25(13-11-15)21-24-17-7-3-5-9-19(17)28-21/h2-9,15H,10-14H2,1H3,(H2,22,23,26). The number of nitrogens with zero attached hydrogens (tertiary/aromatic N) is 2. The fourth-order valence-corrected chi connectivity index (χ4v) is 4.49. The van der Waals surface area contributed by atoms with Crippen molar-refractivity contribution in [2.75, 3.05) is 37.0 Å². The molecule has 7 heteroatoms. The number of urea groups is 1. The zero-order chi connectivity index (χ0) is 19.3. The molecule has 146 valence electrons. The molecule has 3 aromatic rings. The molecule has 1 aliphatic rings. The number of piperidine rings is 1. The molecule has 0 spiro atoms. The maximum absolute atomic E-state index is 12.2. The van der Waals surface area contributed by atoms with Gasteiger partial charge in [0.15, 0.2) is 5.13 Å². The lowest BCUT2D eigenvalue weighted by Gasteiger charge is -2.31. The number of fused-ring (bicyclic) bond motifs is 1. The number of carbonyl (C=O) groups excluding carboxylic acids is 1. The molecule has 2 N–H and O–H groups in total. The average molecular weight is 397 g/mol. The second-order valence-corrected chi connectivity index (χ2v) is 7.94. The van der Waals surface area contributed by atoms with Gasteiger partial charge in [-0.1, -0.05) is 35.6 Å². The second kappa shape index (κ2) is 8.48. The van der Waals surface area contributed by atoms with Crippen LogP contribution >= 0.6 is 11.3 Å². The Morgan fingerprint density at radius 2 is 1.93 bits per heavy atom. The van der Waals surface area contributed by atoms with E-state index in [0.29, 0.717) is 23.9 Å². The van der Waals surface area contributed by atoms with Crippen molar-refractivity contribution in [1.82, 2.24) is 10.3 Å². The number of nitrogens with one attached hydrogen (secondary N) is 2. The molecule has 0 unspecified atom stereocenters. The number of hydrogen-bond acceptors (Lipinski definition) is 5. The minimum Gasteiger partial charge on any atom is -0.495 e. The van der Waals surface area contributed by atoms with Gasteiger partial charge in [0, 0.05) is 19.6 Å². The highest BCUT2D eigenvalue weighted by Crippen LogP contribution is 2.31. The van der Waals surface area contributed by atoms with Crippen LogP contribution in [0.4, 0.5) is 15.6 Å². The summed E-state index contributed by atoms with van der Waals surface area (Å²) in [6, 6.07) is 15.5. The molecule has 2 heterocycles. The third kappa shape index (κ3) is 4.20. The lowest BCUT2D eigenvalue weighted by molar-refractivity contribution is 0.248. The third-order valence-corrected chi connectivity index (χ3v) is 6.17. The number of methoxy groups -OCH3 is 1. The van der Waals surface area contributed by atoms with Crippen molar-refractivity contribution in [2.24, 2.45) is 5.92 Å². The van der Waals surface area contributed by atoms with E-state index in [1.807, 2.05) is 30.3 Å². The van der Waals surface area contributed by atoms with Gasteiger partial charge in [-0.3, -0.25) is 0 Å². The van der Waals surface area contributed by atoms with Crippen molar-refractivity contribution in [1.29, 1.82) is 0 Å². The molecular formula is C21H24N4O2S. The number of carbonyl (C=O) groups is 1. The van der Waals surface area contributed by atoms with Crippen LogP contribution in [0.1, 0.15) is 12.8 Å². The van der Waals surface area contributed by atoms with Gasteiger partial charge < -0.3 is 20.3 Å². The Kier molecular flexibility index (Phi) is 5.62. The lowest BCUT2D eigenvalue weighted by Crippen LogP contribution is -2.39. The van der Waals surface area contributed by atoms with Crippen LogP contribution in [-0.4, -0.2) is 37.8 Å². The molecule has 28 heavy (non-hydrogen) atoms. The van der Waals surface area contributed by atoms with Crippen molar-refractivity contribution in [3.63, 3.8) is 0 Å². The summed E-state index contributed by atoms with van der Waals surface area (Å²) in [5.74, 6) is 1.14. The van der Waals surface area contributed by atoms with E-state index in [1.165, 1.54) is 4.70 Å². The lowest BCUT2D eigenvalue weighted by atomic mass is 9.97. The maximum atomic E-state index is 12.2. The molecule has 0 radical (unpaired) electrons. The number of para-hydroxylation sites is 3. The van der Waals surface area contributed by atoms with Crippen molar-refractivity contribution in [3.05, 3.63) is 48.5 Å². The first-order valence-corrected chi connectivity index (χ1v) is 10.3. The molecule has 0 aliphatic carbocycles. The number of ether oxygens (including phenoxy) is 1. The van der Waals surface area contributed by atoms with Gasteiger partial charge in [-0.25, -0.2) is 9.78 Å². The molecule has 4 rings (SSSR count). The van der Waals surface area contributed by atoms with Crippen molar-refractivity contribution in [2.45, 2.75) is 12.8 Å². The first-order chi connectivity index (χ1) is 13.7. The van der Waals surface area contributed by atoms with E-state index in [9.17, 15) is 4.79 Å². The molecule has 0 atom stereocenters. The van der Waals surface area contributed by atoms with E-state index < -0.39 is 0 Å². The molecule has 1 aliphatic heterocycles. The largest absolute Gasteiger partial charge is 0.495 e. The van der Waals surface area contributed by atoms with Crippen LogP contribution in [0, 0.1) is 5.92 Å². The van der Waals surface area contributed by atoms with Gasteiger partial charge in [-0.2, -0.15) is 0 Å². The number of aromatic nitrogens is 1. The zero-order valence-electron chi connectivity index (χ0n) is 15.9. The normalized spacial score (nSPS) is 14.8. The zero-order valence-corrected chi connectivity index (χ0v) is 16.7. The minimum absolute atomic E-state index is 0.196. The summed E-state index contributed by atoms with van der Waals surface area (Å²) in [6.07, 6.45) is 2.09. The number of amides is 2. The highest BCUT2D eigenvalue weighted by atomic mass is 32.1. The van der Waals surface area contributed by atoms with Gasteiger partial charge in [0.25, 0.3) is 0 Å². The summed E-state index contributed by atoms with van der Waals surface area (Å²) in [5, 5.41) is 6.95. The Balaban J connectivity index is 1.26. The van der Waals surface area contributed by atoms with Crippen LogP contribution in [0.3, 0.4) is 0 Å². The monoisotopic (exact) mass is 396 g/mol. The van der Waals surface area contributed by atoms with Crippen LogP contribution in [0.15, 0.2) is 48.5 Å². The maximum Gasteiger partial charge on any atom is 0.319 e. The average Bonchev–Trinajstić information content (AvgIpc) is 3.17. The Bertz CT molecular complexity index is 917. The smallest absolute Gasteiger partial charge is 0.319 e.